The van der Waals surface area contributed by atoms with Crippen molar-refractivity contribution in [1.29, 1.82) is 0 Å². The summed E-state index contributed by atoms with van der Waals surface area (Å²) in [7, 11) is 1.89. The monoisotopic (exact) mass is 509 g/mol. The first-order valence-corrected chi connectivity index (χ1v) is 12.3. The van der Waals surface area contributed by atoms with Gasteiger partial charge in [0.15, 0.2) is 16.4 Å². The van der Waals surface area contributed by atoms with Gasteiger partial charge in [-0.05, 0) is 18.4 Å². The third kappa shape index (κ3) is 4.65. The molecule has 0 saturated carbocycles. The molecule has 0 bridgehead atoms. The van der Waals surface area contributed by atoms with Crippen molar-refractivity contribution in [3.8, 4) is 23.1 Å². The number of hydrogen-bond acceptors (Lipinski definition) is 7. The zero-order valence-electron chi connectivity index (χ0n) is 20.2. The van der Waals surface area contributed by atoms with Gasteiger partial charge >= 0.3 is 0 Å². The first-order valence-electron chi connectivity index (χ1n) is 11.4. The van der Waals surface area contributed by atoms with E-state index in [9.17, 15) is 4.79 Å². The molecule has 0 atom stereocenters. The van der Waals surface area contributed by atoms with Crippen molar-refractivity contribution in [2.45, 2.75) is 13.3 Å². The lowest BCUT2D eigenvalue weighted by molar-refractivity contribution is 0.100. The summed E-state index contributed by atoms with van der Waals surface area (Å²) in [5, 5.41) is 10.1. The van der Waals surface area contributed by atoms with Gasteiger partial charge < -0.3 is 11.5 Å². The van der Waals surface area contributed by atoms with Gasteiger partial charge in [-0.1, -0.05) is 43.2 Å². The van der Waals surface area contributed by atoms with Crippen molar-refractivity contribution in [2.24, 2.45) is 12.8 Å². The number of carbonyl (C=O) groups excluding carboxylic acids is 1. The molecule has 6 aromatic rings. The van der Waals surface area contributed by atoms with E-state index in [0.717, 1.165) is 34.0 Å². The molecule has 1 aromatic carbocycles. The number of benzene rings is 1. The molecule has 4 N–H and O–H groups in total. The van der Waals surface area contributed by atoms with Gasteiger partial charge in [0.25, 0.3) is 5.91 Å². The van der Waals surface area contributed by atoms with E-state index in [4.69, 9.17) is 16.5 Å². The maximum absolute atomic E-state index is 10.9. The summed E-state index contributed by atoms with van der Waals surface area (Å²) in [6.45, 7) is 2.14. The summed E-state index contributed by atoms with van der Waals surface area (Å²) >= 11 is 1.63. The van der Waals surface area contributed by atoms with E-state index in [1.807, 2.05) is 19.3 Å². The number of imidazole rings is 1. The van der Waals surface area contributed by atoms with Crippen LogP contribution < -0.4 is 11.5 Å². The van der Waals surface area contributed by atoms with E-state index in [1.165, 1.54) is 10.1 Å². The minimum absolute atomic E-state index is 0.103. The van der Waals surface area contributed by atoms with Crippen LogP contribution >= 0.6 is 11.3 Å². The van der Waals surface area contributed by atoms with Gasteiger partial charge in [0.1, 0.15) is 11.3 Å². The molecule has 37 heavy (non-hydrogen) atoms. The minimum atomic E-state index is -0.619. The number of amides is 1. The predicted molar refractivity (Wildman–Crippen MR) is 143 cm³/mol. The van der Waals surface area contributed by atoms with Gasteiger partial charge in [-0.2, -0.15) is 5.10 Å². The van der Waals surface area contributed by atoms with Crippen LogP contribution in [-0.4, -0.2) is 39.7 Å². The quantitative estimate of drug-likeness (QED) is 0.352. The highest BCUT2D eigenvalue weighted by Crippen LogP contribution is 2.29. The fraction of sp³-hybridized carbons (Fsp3) is 0.115. The predicted octanol–water partition coefficient (Wildman–Crippen LogP) is 3.17. The highest BCUT2D eigenvalue weighted by molar-refractivity contribution is 7.15. The number of nitrogens with two attached hydrogens (primary N) is 2. The van der Waals surface area contributed by atoms with Gasteiger partial charge in [-0.15, -0.1) is 16.4 Å². The molecule has 0 spiro atoms. The second kappa shape index (κ2) is 9.96. The lowest BCUT2D eigenvalue weighted by atomic mass is 10.1. The van der Waals surface area contributed by atoms with Crippen molar-refractivity contribution in [2.75, 3.05) is 5.73 Å². The number of aryl methyl sites for hydroxylation is 2. The Morgan fingerprint density at radius 3 is 2.68 bits per heavy atom. The summed E-state index contributed by atoms with van der Waals surface area (Å²) in [6.07, 6.45) is 7.78. The number of carbonyl (C=O) groups is 1. The first kappa shape index (κ1) is 23.8. The van der Waals surface area contributed by atoms with E-state index in [0.29, 0.717) is 5.65 Å². The van der Waals surface area contributed by atoms with Crippen LogP contribution in [0.5, 0.6) is 0 Å². The molecular formula is C26H23N9OS. The summed E-state index contributed by atoms with van der Waals surface area (Å²) in [5.41, 5.74) is 16.4. The molecule has 10 nitrogen and oxygen atoms in total. The van der Waals surface area contributed by atoms with Gasteiger partial charge in [-0.25, -0.2) is 14.5 Å². The average molecular weight is 510 g/mol. The third-order valence-electron chi connectivity index (χ3n) is 5.53. The fourth-order valence-corrected chi connectivity index (χ4v) is 4.73. The average Bonchev–Trinajstić information content (AvgIpc) is 3.65. The van der Waals surface area contributed by atoms with Gasteiger partial charge in [0, 0.05) is 36.6 Å². The molecule has 1 amide bonds. The lowest BCUT2D eigenvalue weighted by Crippen LogP contribution is -2.12. The van der Waals surface area contributed by atoms with Crippen LogP contribution in [0, 0.1) is 11.8 Å². The smallest absolute Gasteiger partial charge is 0.256 e. The number of rotatable bonds is 3. The van der Waals surface area contributed by atoms with Gasteiger partial charge in [0.05, 0.1) is 23.1 Å². The minimum Gasteiger partial charge on any atom is -0.381 e. The van der Waals surface area contributed by atoms with E-state index in [-0.39, 0.29) is 11.4 Å². The molecule has 5 aromatic heterocycles. The molecule has 0 aliphatic heterocycles. The van der Waals surface area contributed by atoms with E-state index < -0.39 is 5.91 Å². The number of nitrogen functional groups attached to an aromatic ring is 1. The number of nitrogens with zero attached hydrogens (tertiary/aromatic N) is 7. The lowest BCUT2D eigenvalue weighted by Gasteiger charge is -2.03. The van der Waals surface area contributed by atoms with Crippen molar-refractivity contribution in [3.63, 3.8) is 0 Å². The maximum atomic E-state index is 10.9. The summed E-state index contributed by atoms with van der Waals surface area (Å²) in [6, 6.07) is 12.1. The number of anilines is 1. The van der Waals surface area contributed by atoms with Crippen molar-refractivity contribution < 1.29 is 4.79 Å². The van der Waals surface area contributed by atoms with E-state index in [2.05, 4.69) is 68.0 Å². The Labute approximate surface area is 216 Å². The van der Waals surface area contributed by atoms with Crippen molar-refractivity contribution >= 4 is 33.7 Å². The normalized spacial score (nSPS) is 10.6. The number of primary amides is 1. The Kier molecular flexibility index (Phi) is 6.40. The standard InChI is InChI=1S/C19H16N4S.C7H7N5O/c1-3-17-18(15-7-5-4-6-8-15)23-16(13-24-19(23)21-17)10-9-14-11-20-22(2)12-14;8-5-4(6(9)13)7-10-2-1-3-12(7)11-5/h4-8,11-13H,3H2,1-2H3;1-3H,(H2,8,11)(H2,9,13). The number of aromatic nitrogens is 7. The van der Waals surface area contributed by atoms with Crippen LogP contribution in [-0.2, 0) is 13.5 Å². The Morgan fingerprint density at radius 2 is 1.97 bits per heavy atom. The molecule has 0 saturated heterocycles. The van der Waals surface area contributed by atoms with E-state index in [1.54, 1.807) is 40.7 Å². The third-order valence-corrected chi connectivity index (χ3v) is 6.35. The highest BCUT2D eigenvalue weighted by Gasteiger charge is 2.17. The number of thiazole rings is 1. The Morgan fingerprint density at radius 1 is 1.16 bits per heavy atom. The maximum Gasteiger partial charge on any atom is 0.256 e. The molecule has 11 heteroatoms. The second-order valence-electron chi connectivity index (χ2n) is 8.03. The summed E-state index contributed by atoms with van der Waals surface area (Å²) in [5.74, 6) is 5.95. The van der Waals surface area contributed by atoms with Crippen LogP contribution in [0.4, 0.5) is 5.82 Å². The molecule has 6 rings (SSSR count). The molecule has 0 fully saturated rings. The molecule has 0 aliphatic rings. The first-order chi connectivity index (χ1) is 18.0. The molecular weight excluding hydrogens is 486 g/mol. The van der Waals surface area contributed by atoms with Gasteiger partial charge in [0.2, 0.25) is 0 Å². The Bertz CT molecular complexity index is 1780. The molecule has 0 radical (unpaired) electrons. The number of hydrogen-bond donors (Lipinski definition) is 2. The van der Waals surface area contributed by atoms with Crippen LogP contribution in [0.3, 0.4) is 0 Å². The number of fused-ring (bicyclic) bond motifs is 2. The molecule has 5 heterocycles. The topological polar surface area (TPSA) is 134 Å². The summed E-state index contributed by atoms with van der Waals surface area (Å²) < 4.78 is 5.34. The highest BCUT2D eigenvalue weighted by atomic mass is 32.1. The van der Waals surface area contributed by atoms with Crippen molar-refractivity contribution in [3.05, 3.63) is 89.1 Å². The van der Waals surface area contributed by atoms with Gasteiger partial charge in [-0.3, -0.25) is 13.9 Å². The molecule has 0 aliphatic carbocycles. The second-order valence-corrected chi connectivity index (χ2v) is 8.87. The van der Waals surface area contributed by atoms with E-state index >= 15 is 0 Å². The fourth-order valence-electron chi connectivity index (χ4n) is 3.89. The SMILES string of the molecule is CCc1nc2scc(C#Cc3cnn(C)c3)n2c1-c1ccccc1.NC(=O)c1c(N)nn2cccnc12. The van der Waals surface area contributed by atoms with Crippen LogP contribution in [0.25, 0.3) is 21.9 Å². The Hall–Kier alpha value is -4.95. The van der Waals surface area contributed by atoms with Crippen molar-refractivity contribution in [1.82, 2.24) is 33.8 Å². The molecule has 0 unspecified atom stereocenters. The van der Waals surface area contributed by atoms with Crippen LogP contribution in [0.2, 0.25) is 0 Å². The zero-order chi connectivity index (χ0) is 25.9. The Balaban J connectivity index is 0.000000182. The van der Waals surface area contributed by atoms with Crippen LogP contribution in [0.15, 0.2) is 66.6 Å². The summed E-state index contributed by atoms with van der Waals surface area (Å²) in [4.78, 5) is 20.7. The zero-order valence-corrected chi connectivity index (χ0v) is 21.0. The van der Waals surface area contributed by atoms with Crippen LogP contribution in [0.1, 0.15) is 34.2 Å². The largest absolute Gasteiger partial charge is 0.381 e. The molecule has 184 valence electrons.